The zero-order valence-electron chi connectivity index (χ0n) is 7.63. The molecule has 0 aliphatic heterocycles. The van der Waals surface area contributed by atoms with E-state index in [1.54, 1.807) is 14.2 Å². The maximum Gasteiger partial charge on any atom is 0.124 e. The first kappa shape index (κ1) is 10.5. The van der Waals surface area contributed by atoms with Gasteiger partial charge in [-0.1, -0.05) is 22.0 Å². The van der Waals surface area contributed by atoms with Crippen LogP contribution in [0.2, 0.25) is 0 Å². The van der Waals surface area contributed by atoms with E-state index in [1.807, 2.05) is 18.2 Å². The molecule has 0 atom stereocenters. The van der Waals surface area contributed by atoms with E-state index >= 15 is 0 Å². The number of hydroxylamine groups is 1. The zero-order valence-corrected chi connectivity index (χ0v) is 9.22. The van der Waals surface area contributed by atoms with E-state index in [0.29, 0.717) is 6.54 Å². The Bertz CT molecular complexity index is 278. The van der Waals surface area contributed by atoms with Gasteiger partial charge in [-0.05, 0) is 12.1 Å². The van der Waals surface area contributed by atoms with E-state index < -0.39 is 0 Å². The van der Waals surface area contributed by atoms with Crippen LogP contribution in [0.25, 0.3) is 0 Å². The summed E-state index contributed by atoms with van der Waals surface area (Å²) in [4.78, 5) is 4.77. The minimum absolute atomic E-state index is 0.612. The Kier molecular flexibility index (Phi) is 4.21. The Morgan fingerprint density at radius 2 is 2.15 bits per heavy atom. The van der Waals surface area contributed by atoms with E-state index in [4.69, 9.17) is 9.57 Å². The summed E-state index contributed by atoms with van der Waals surface area (Å²) in [6, 6.07) is 5.81. The first-order valence-electron chi connectivity index (χ1n) is 3.86. The highest BCUT2D eigenvalue weighted by Gasteiger charge is 2.05. The third kappa shape index (κ3) is 2.69. The average Bonchev–Trinajstić information content (AvgIpc) is 2.15. The van der Waals surface area contributed by atoms with Gasteiger partial charge in [-0.15, -0.1) is 0 Å². The lowest BCUT2D eigenvalue weighted by molar-refractivity contribution is 0.0860. The summed E-state index contributed by atoms with van der Waals surface area (Å²) in [5.41, 5.74) is 3.82. The molecule has 0 radical (unpaired) electrons. The topological polar surface area (TPSA) is 30.5 Å². The van der Waals surface area contributed by atoms with Crippen LogP contribution >= 0.6 is 15.9 Å². The van der Waals surface area contributed by atoms with Gasteiger partial charge in [-0.3, -0.25) is 0 Å². The van der Waals surface area contributed by atoms with E-state index in [0.717, 1.165) is 15.8 Å². The number of ether oxygens (including phenoxy) is 1. The number of halogens is 1. The molecule has 0 aromatic heterocycles. The minimum atomic E-state index is 0.612. The van der Waals surface area contributed by atoms with Crippen molar-refractivity contribution in [1.29, 1.82) is 0 Å². The van der Waals surface area contributed by atoms with Crippen LogP contribution in [0.5, 0.6) is 5.75 Å². The summed E-state index contributed by atoms with van der Waals surface area (Å²) in [7, 11) is 3.24. The van der Waals surface area contributed by atoms with Crippen LogP contribution in [-0.4, -0.2) is 14.2 Å². The summed E-state index contributed by atoms with van der Waals surface area (Å²) in [6.07, 6.45) is 0. The van der Waals surface area contributed by atoms with Crippen LogP contribution in [0.3, 0.4) is 0 Å². The molecule has 1 rings (SSSR count). The number of rotatable bonds is 4. The Morgan fingerprint density at radius 3 is 2.77 bits per heavy atom. The monoisotopic (exact) mass is 245 g/mol. The molecule has 0 aliphatic carbocycles. The molecule has 0 bridgehead atoms. The standard InChI is InChI=1S/C9H12BrNO2/c1-12-9-5-3-4-8(10)7(9)6-11-13-2/h3-5,11H,6H2,1-2H3. The molecular formula is C9H12BrNO2. The molecule has 0 spiro atoms. The van der Waals surface area contributed by atoms with Crippen molar-refractivity contribution in [2.45, 2.75) is 6.54 Å². The molecular weight excluding hydrogens is 234 g/mol. The maximum absolute atomic E-state index is 5.20. The molecule has 1 aromatic carbocycles. The smallest absolute Gasteiger partial charge is 0.124 e. The SMILES string of the molecule is CONCc1c(Br)cccc1OC. The number of nitrogens with one attached hydrogen (secondary N) is 1. The lowest BCUT2D eigenvalue weighted by atomic mass is 10.2. The van der Waals surface area contributed by atoms with Crippen molar-refractivity contribution in [1.82, 2.24) is 5.48 Å². The molecule has 13 heavy (non-hydrogen) atoms. The van der Waals surface area contributed by atoms with Crippen LogP contribution in [0.1, 0.15) is 5.56 Å². The largest absolute Gasteiger partial charge is 0.496 e. The van der Waals surface area contributed by atoms with Gasteiger partial charge in [0.2, 0.25) is 0 Å². The average molecular weight is 246 g/mol. The summed E-state index contributed by atoms with van der Waals surface area (Å²) in [5, 5.41) is 0. The molecule has 3 nitrogen and oxygen atoms in total. The number of methoxy groups -OCH3 is 1. The predicted molar refractivity (Wildman–Crippen MR) is 54.5 cm³/mol. The molecule has 4 heteroatoms. The van der Waals surface area contributed by atoms with Crippen molar-refractivity contribution < 1.29 is 9.57 Å². The normalized spacial score (nSPS) is 10.1. The molecule has 0 saturated carbocycles. The Labute approximate surface area is 86.1 Å². The quantitative estimate of drug-likeness (QED) is 0.825. The van der Waals surface area contributed by atoms with Gasteiger partial charge < -0.3 is 9.57 Å². The van der Waals surface area contributed by atoms with Gasteiger partial charge in [0.15, 0.2) is 0 Å². The van der Waals surface area contributed by atoms with E-state index in [-0.39, 0.29) is 0 Å². The molecule has 0 saturated heterocycles. The summed E-state index contributed by atoms with van der Waals surface area (Å²) < 4.78 is 6.21. The van der Waals surface area contributed by atoms with Crippen LogP contribution in [-0.2, 0) is 11.4 Å². The maximum atomic E-state index is 5.20. The molecule has 0 fully saturated rings. The summed E-state index contributed by atoms with van der Waals surface area (Å²) >= 11 is 3.44. The van der Waals surface area contributed by atoms with Gasteiger partial charge in [0.1, 0.15) is 5.75 Å². The van der Waals surface area contributed by atoms with Gasteiger partial charge in [0.05, 0.1) is 20.8 Å². The highest BCUT2D eigenvalue weighted by Crippen LogP contribution is 2.26. The molecule has 1 N–H and O–H groups in total. The third-order valence-electron chi connectivity index (χ3n) is 1.69. The summed E-state index contributed by atoms with van der Waals surface area (Å²) in [6.45, 7) is 0.612. The van der Waals surface area contributed by atoms with Crippen molar-refractivity contribution in [3.8, 4) is 5.75 Å². The van der Waals surface area contributed by atoms with E-state index in [9.17, 15) is 0 Å². The van der Waals surface area contributed by atoms with Crippen LogP contribution < -0.4 is 10.2 Å². The fourth-order valence-electron chi connectivity index (χ4n) is 1.05. The fourth-order valence-corrected chi connectivity index (χ4v) is 1.53. The Hall–Kier alpha value is -0.580. The minimum Gasteiger partial charge on any atom is -0.496 e. The second-order valence-electron chi connectivity index (χ2n) is 2.45. The Balaban J connectivity index is 2.87. The van der Waals surface area contributed by atoms with E-state index in [1.165, 1.54) is 0 Å². The number of hydrogen-bond acceptors (Lipinski definition) is 3. The second-order valence-corrected chi connectivity index (χ2v) is 3.30. The highest BCUT2D eigenvalue weighted by molar-refractivity contribution is 9.10. The highest BCUT2D eigenvalue weighted by atomic mass is 79.9. The van der Waals surface area contributed by atoms with Gasteiger partial charge in [0, 0.05) is 10.0 Å². The van der Waals surface area contributed by atoms with Crippen LogP contribution in [0, 0.1) is 0 Å². The van der Waals surface area contributed by atoms with Crippen molar-refractivity contribution in [3.05, 3.63) is 28.2 Å². The zero-order chi connectivity index (χ0) is 9.68. The molecule has 72 valence electrons. The number of benzene rings is 1. The first-order chi connectivity index (χ1) is 6.29. The van der Waals surface area contributed by atoms with Gasteiger partial charge in [-0.25, -0.2) is 0 Å². The first-order valence-corrected chi connectivity index (χ1v) is 4.66. The lowest BCUT2D eigenvalue weighted by Crippen LogP contribution is -2.12. The molecule has 1 aromatic rings. The number of hydrogen-bond donors (Lipinski definition) is 1. The van der Waals surface area contributed by atoms with Crippen LogP contribution in [0.15, 0.2) is 22.7 Å². The summed E-state index contributed by atoms with van der Waals surface area (Å²) in [5.74, 6) is 0.846. The fraction of sp³-hybridized carbons (Fsp3) is 0.333. The van der Waals surface area contributed by atoms with Crippen molar-refractivity contribution in [3.63, 3.8) is 0 Å². The Morgan fingerprint density at radius 1 is 1.38 bits per heavy atom. The molecule has 0 aliphatic rings. The third-order valence-corrected chi connectivity index (χ3v) is 2.43. The van der Waals surface area contributed by atoms with Gasteiger partial charge in [-0.2, -0.15) is 5.48 Å². The van der Waals surface area contributed by atoms with Crippen molar-refractivity contribution in [2.75, 3.05) is 14.2 Å². The van der Waals surface area contributed by atoms with Crippen LogP contribution in [0.4, 0.5) is 0 Å². The molecule has 0 heterocycles. The molecule has 0 unspecified atom stereocenters. The lowest BCUT2D eigenvalue weighted by Gasteiger charge is -2.10. The van der Waals surface area contributed by atoms with Gasteiger partial charge in [0.25, 0.3) is 0 Å². The predicted octanol–water partition coefficient (Wildman–Crippen LogP) is 2.11. The van der Waals surface area contributed by atoms with Crippen molar-refractivity contribution >= 4 is 15.9 Å². The molecule has 0 amide bonds. The van der Waals surface area contributed by atoms with Crippen molar-refractivity contribution in [2.24, 2.45) is 0 Å². The van der Waals surface area contributed by atoms with E-state index in [2.05, 4.69) is 21.4 Å². The van der Waals surface area contributed by atoms with Gasteiger partial charge >= 0.3 is 0 Å². The second kappa shape index (κ2) is 5.21.